The number of allylic oxidation sites excluding steroid dienone is 23. The lowest BCUT2D eigenvalue weighted by molar-refractivity contribution is -0.166. The van der Waals surface area contributed by atoms with Gasteiger partial charge in [0.25, 0.3) is 0 Å². The van der Waals surface area contributed by atoms with Gasteiger partial charge in [0.05, 0.1) is 6.42 Å². The van der Waals surface area contributed by atoms with Crippen molar-refractivity contribution in [3.8, 4) is 0 Å². The molecule has 1 atom stereocenters. The van der Waals surface area contributed by atoms with Gasteiger partial charge in [-0.15, -0.1) is 0 Å². The average molecular weight is 923 g/mol. The molecule has 0 heterocycles. The van der Waals surface area contributed by atoms with E-state index < -0.39 is 12.1 Å². The third-order valence-corrected chi connectivity index (χ3v) is 10.3. The maximum Gasteiger partial charge on any atom is 0.310 e. The molecule has 0 aliphatic heterocycles. The van der Waals surface area contributed by atoms with E-state index in [4.69, 9.17) is 14.2 Å². The standard InChI is InChI=1S/C61H94O6/c1-4-7-10-13-16-19-22-25-28-29-30-31-34-36-39-42-45-48-51-54-60(63)66-57-58(67-61(64)55-52-49-46-43-40-37-33-27-24-21-18-15-12-9-6-3)56-65-59(62)53-50-47-44-41-38-35-32-26-23-20-17-14-11-8-5-2/h8-9,11-12,16-21,25-28,30-33,38,40-41,43,49,52,58H,4-7,10,13-15,22-24,29,34-37,39,42,44-48,50-51,53-57H2,1-3H3/b11-8-,12-9-,19-16-,20-17-,21-18-,28-25-,31-30-,32-26-,33-27-,41-38-,43-40-,52-49-. The molecule has 0 amide bonds. The summed E-state index contributed by atoms with van der Waals surface area (Å²) in [7, 11) is 0. The summed E-state index contributed by atoms with van der Waals surface area (Å²) in [6.45, 7) is 6.22. The van der Waals surface area contributed by atoms with Gasteiger partial charge in [0.1, 0.15) is 13.2 Å². The van der Waals surface area contributed by atoms with Crippen LogP contribution in [0.2, 0.25) is 0 Å². The zero-order valence-electron chi connectivity index (χ0n) is 42.6. The van der Waals surface area contributed by atoms with Gasteiger partial charge < -0.3 is 14.2 Å². The molecule has 1 unspecified atom stereocenters. The van der Waals surface area contributed by atoms with E-state index >= 15 is 0 Å². The molecule has 374 valence electrons. The average Bonchev–Trinajstić information content (AvgIpc) is 3.33. The fraction of sp³-hybridized carbons (Fsp3) is 0.557. The molecule has 0 radical (unpaired) electrons. The molecule has 6 nitrogen and oxygen atoms in total. The van der Waals surface area contributed by atoms with Crippen molar-refractivity contribution in [2.24, 2.45) is 0 Å². The highest BCUT2D eigenvalue weighted by atomic mass is 16.6. The monoisotopic (exact) mass is 923 g/mol. The van der Waals surface area contributed by atoms with Gasteiger partial charge in [0.15, 0.2) is 6.10 Å². The van der Waals surface area contributed by atoms with Crippen LogP contribution in [0.3, 0.4) is 0 Å². The van der Waals surface area contributed by atoms with Crippen LogP contribution in [0, 0.1) is 0 Å². The van der Waals surface area contributed by atoms with Crippen LogP contribution < -0.4 is 0 Å². The van der Waals surface area contributed by atoms with Crippen LogP contribution >= 0.6 is 0 Å². The molecule has 0 fully saturated rings. The predicted molar refractivity (Wildman–Crippen MR) is 288 cm³/mol. The Balaban J connectivity index is 4.60. The van der Waals surface area contributed by atoms with Crippen molar-refractivity contribution in [1.82, 2.24) is 0 Å². The lowest BCUT2D eigenvalue weighted by Crippen LogP contribution is -2.30. The first-order chi connectivity index (χ1) is 33.0. The Bertz CT molecular complexity index is 1530. The van der Waals surface area contributed by atoms with Crippen LogP contribution in [0.5, 0.6) is 0 Å². The van der Waals surface area contributed by atoms with Crippen molar-refractivity contribution in [3.05, 3.63) is 146 Å². The quantitative estimate of drug-likeness (QED) is 0.0262. The number of hydrogen-bond acceptors (Lipinski definition) is 6. The normalized spacial score (nSPS) is 13.3. The molecular weight excluding hydrogens is 829 g/mol. The van der Waals surface area contributed by atoms with Crippen LogP contribution in [0.25, 0.3) is 0 Å². The highest BCUT2D eigenvalue weighted by Crippen LogP contribution is 2.11. The Morgan fingerprint density at radius 1 is 0.328 bits per heavy atom. The predicted octanol–water partition coefficient (Wildman–Crippen LogP) is 17.6. The minimum absolute atomic E-state index is 0.0776. The summed E-state index contributed by atoms with van der Waals surface area (Å²) < 4.78 is 16.6. The summed E-state index contributed by atoms with van der Waals surface area (Å²) in [5.41, 5.74) is 0. The Labute approximate surface area is 410 Å². The van der Waals surface area contributed by atoms with Gasteiger partial charge in [-0.1, -0.05) is 205 Å². The van der Waals surface area contributed by atoms with E-state index in [1.807, 2.05) is 6.08 Å². The highest BCUT2D eigenvalue weighted by Gasteiger charge is 2.19. The maximum absolute atomic E-state index is 12.8. The van der Waals surface area contributed by atoms with Crippen molar-refractivity contribution in [2.75, 3.05) is 13.2 Å². The lowest BCUT2D eigenvalue weighted by atomic mass is 10.1. The number of esters is 3. The first-order valence-corrected chi connectivity index (χ1v) is 26.3. The lowest BCUT2D eigenvalue weighted by Gasteiger charge is -2.18. The summed E-state index contributed by atoms with van der Waals surface area (Å²) in [4.78, 5) is 38.0. The van der Waals surface area contributed by atoms with E-state index in [1.165, 1.54) is 38.5 Å². The zero-order chi connectivity index (χ0) is 48.6. The van der Waals surface area contributed by atoms with Crippen LogP contribution in [-0.2, 0) is 28.6 Å². The summed E-state index contributed by atoms with van der Waals surface area (Å²) in [6.07, 6.45) is 77.1. The Hall–Kier alpha value is -4.71. The molecule has 0 bridgehead atoms. The molecule has 67 heavy (non-hydrogen) atoms. The molecule has 0 aromatic carbocycles. The van der Waals surface area contributed by atoms with E-state index in [2.05, 4.69) is 154 Å². The number of rotatable bonds is 45. The van der Waals surface area contributed by atoms with Gasteiger partial charge in [-0.2, -0.15) is 0 Å². The molecule has 0 aromatic rings. The number of ether oxygens (including phenoxy) is 3. The smallest absolute Gasteiger partial charge is 0.310 e. The molecule has 0 aromatic heterocycles. The van der Waals surface area contributed by atoms with Crippen LogP contribution in [-0.4, -0.2) is 37.2 Å². The van der Waals surface area contributed by atoms with E-state index in [0.717, 1.165) is 109 Å². The third-order valence-electron chi connectivity index (χ3n) is 10.3. The van der Waals surface area contributed by atoms with E-state index in [-0.39, 0.29) is 38.0 Å². The molecule has 0 aliphatic carbocycles. The first-order valence-electron chi connectivity index (χ1n) is 26.3. The minimum atomic E-state index is -0.861. The fourth-order valence-corrected chi connectivity index (χ4v) is 6.45. The molecular formula is C61H94O6. The van der Waals surface area contributed by atoms with Crippen molar-refractivity contribution in [2.45, 2.75) is 207 Å². The van der Waals surface area contributed by atoms with E-state index in [1.54, 1.807) is 6.08 Å². The van der Waals surface area contributed by atoms with E-state index in [0.29, 0.717) is 19.3 Å². The summed E-state index contributed by atoms with van der Waals surface area (Å²) in [5.74, 6) is -1.14. The third kappa shape index (κ3) is 52.1. The zero-order valence-corrected chi connectivity index (χ0v) is 42.6. The van der Waals surface area contributed by atoms with Crippen molar-refractivity contribution < 1.29 is 28.6 Å². The number of carbonyl (C=O) groups excluding carboxylic acids is 3. The molecule has 0 saturated carbocycles. The van der Waals surface area contributed by atoms with Gasteiger partial charge in [-0.05, 0) is 122 Å². The maximum atomic E-state index is 12.8. The molecule has 0 rings (SSSR count). The number of unbranched alkanes of at least 4 members (excludes halogenated alkanes) is 11. The summed E-state index contributed by atoms with van der Waals surface area (Å²) in [5, 5.41) is 0. The second-order valence-electron chi connectivity index (χ2n) is 16.7. The second-order valence-corrected chi connectivity index (χ2v) is 16.7. The fourth-order valence-electron chi connectivity index (χ4n) is 6.45. The van der Waals surface area contributed by atoms with Crippen LogP contribution in [0.4, 0.5) is 0 Å². The first kappa shape index (κ1) is 62.3. The molecule has 0 saturated heterocycles. The minimum Gasteiger partial charge on any atom is -0.462 e. The molecule has 6 heteroatoms. The van der Waals surface area contributed by atoms with Crippen LogP contribution in [0.1, 0.15) is 201 Å². The SMILES string of the molecule is CC/C=C\C/C=C\C/C=C\C/C=C\C/C=C\CC(=O)OC(COC(=O)CCCC/C=C\C/C=C\C/C=C\C/C=C\CC)COC(=O)CCCCCCCC/C=C\C/C=C\C/C=C\CCCCC. The van der Waals surface area contributed by atoms with Gasteiger partial charge in [0.2, 0.25) is 0 Å². The van der Waals surface area contributed by atoms with Crippen molar-refractivity contribution >= 4 is 17.9 Å². The molecule has 0 N–H and O–H groups in total. The number of hydrogen-bond donors (Lipinski definition) is 0. The Morgan fingerprint density at radius 3 is 1.01 bits per heavy atom. The Morgan fingerprint density at radius 2 is 0.627 bits per heavy atom. The van der Waals surface area contributed by atoms with Gasteiger partial charge >= 0.3 is 17.9 Å². The Kier molecular flexibility index (Phi) is 50.1. The van der Waals surface area contributed by atoms with Crippen LogP contribution in [0.15, 0.2) is 146 Å². The van der Waals surface area contributed by atoms with Gasteiger partial charge in [-0.25, -0.2) is 0 Å². The number of carbonyl (C=O) groups is 3. The topological polar surface area (TPSA) is 78.9 Å². The van der Waals surface area contributed by atoms with Crippen molar-refractivity contribution in [3.63, 3.8) is 0 Å². The largest absolute Gasteiger partial charge is 0.462 e. The van der Waals surface area contributed by atoms with Gasteiger partial charge in [0, 0.05) is 12.8 Å². The highest BCUT2D eigenvalue weighted by molar-refractivity contribution is 5.72. The second kappa shape index (κ2) is 53.9. The summed E-state index contributed by atoms with van der Waals surface area (Å²) in [6, 6.07) is 0. The van der Waals surface area contributed by atoms with Gasteiger partial charge in [-0.3, -0.25) is 14.4 Å². The van der Waals surface area contributed by atoms with Crippen molar-refractivity contribution in [1.29, 1.82) is 0 Å². The van der Waals surface area contributed by atoms with E-state index in [9.17, 15) is 14.4 Å². The molecule has 0 spiro atoms. The summed E-state index contributed by atoms with van der Waals surface area (Å²) >= 11 is 0. The molecule has 0 aliphatic rings.